The number of ether oxygens (including phenoxy) is 1. The summed E-state index contributed by atoms with van der Waals surface area (Å²) < 4.78 is 18.0. The fourth-order valence-electron chi connectivity index (χ4n) is 3.11. The first-order valence-electron chi connectivity index (χ1n) is 8.02. The SMILES string of the molecule is C[S@](=O)c1sc(C(=O)OCc2ccccc2)c2c1C(=O)CC(C)(C)C2. The highest BCUT2D eigenvalue weighted by molar-refractivity contribution is 7.86. The van der Waals surface area contributed by atoms with Crippen LogP contribution in [0.1, 0.15) is 51.4 Å². The van der Waals surface area contributed by atoms with Crippen LogP contribution in [0, 0.1) is 5.41 Å². The van der Waals surface area contributed by atoms with Gasteiger partial charge >= 0.3 is 5.97 Å². The second kappa shape index (κ2) is 6.84. The first-order valence-corrected chi connectivity index (χ1v) is 10.4. The zero-order valence-electron chi connectivity index (χ0n) is 14.5. The van der Waals surface area contributed by atoms with Gasteiger partial charge in [0.2, 0.25) is 0 Å². The molecule has 6 heteroatoms. The Labute approximate surface area is 153 Å². The van der Waals surface area contributed by atoms with E-state index < -0.39 is 16.8 Å². The molecule has 1 aromatic carbocycles. The van der Waals surface area contributed by atoms with Gasteiger partial charge < -0.3 is 4.74 Å². The van der Waals surface area contributed by atoms with Crippen molar-refractivity contribution in [3.05, 3.63) is 51.9 Å². The van der Waals surface area contributed by atoms with Gasteiger partial charge in [0.15, 0.2) is 5.78 Å². The molecule has 0 unspecified atom stereocenters. The number of esters is 1. The molecule has 25 heavy (non-hydrogen) atoms. The van der Waals surface area contributed by atoms with Gasteiger partial charge in [0.1, 0.15) is 15.7 Å². The quantitative estimate of drug-likeness (QED) is 0.757. The Balaban J connectivity index is 1.93. The van der Waals surface area contributed by atoms with E-state index in [4.69, 9.17) is 4.74 Å². The number of carbonyl (C=O) groups is 2. The third kappa shape index (κ3) is 3.75. The number of fused-ring (bicyclic) bond motifs is 1. The number of hydrogen-bond acceptors (Lipinski definition) is 5. The predicted molar refractivity (Wildman–Crippen MR) is 98.6 cm³/mol. The van der Waals surface area contributed by atoms with Crippen molar-refractivity contribution in [1.82, 2.24) is 0 Å². The van der Waals surface area contributed by atoms with Crippen LogP contribution in [0.3, 0.4) is 0 Å². The highest BCUT2D eigenvalue weighted by Gasteiger charge is 2.38. The average Bonchev–Trinajstić information content (AvgIpc) is 2.92. The van der Waals surface area contributed by atoms with Crippen LogP contribution in [0.5, 0.6) is 0 Å². The Hall–Kier alpha value is -1.79. The van der Waals surface area contributed by atoms with Crippen LogP contribution in [-0.4, -0.2) is 22.2 Å². The fourth-order valence-corrected chi connectivity index (χ4v) is 5.32. The molecule has 0 amide bonds. The van der Waals surface area contributed by atoms with Crippen LogP contribution < -0.4 is 0 Å². The zero-order valence-corrected chi connectivity index (χ0v) is 16.1. The highest BCUT2D eigenvalue weighted by Crippen LogP contribution is 2.42. The minimum absolute atomic E-state index is 0.0326. The van der Waals surface area contributed by atoms with Gasteiger partial charge in [-0.05, 0) is 23.0 Å². The van der Waals surface area contributed by atoms with Crippen molar-refractivity contribution in [3.63, 3.8) is 0 Å². The van der Waals surface area contributed by atoms with Crippen LogP contribution in [-0.2, 0) is 28.6 Å². The summed E-state index contributed by atoms with van der Waals surface area (Å²) in [7, 11) is -1.31. The number of ketones is 1. The van der Waals surface area contributed by atoms with Crippen molar-refractivity contribution in [2.75, 3.05) is 6.26 Å². The monoisotopic (exact) mass is 376 g/mol. The van der Waals surface area contributed by atoms with Gasteiger partial charge in [0, 0.05) is 18.2 Å². The zero-order chi connectivity index (χ0) is 18.2. The summed E-state index contributed by atoms with van der Waals surface area (Å²) in [6.07, 6.45) is 2.55. The largest absolute Gasteiger partial charge is 0.457 e. The molecule has 0 fully saturated rings. The Morgan fingerprint density at radius 1 is 1.24 bits per heavy atom. The Morgan fingerprint density at radius 2 is 1.92 bits per heavy atom. The number of rotatable bonds is 4. The Bertz CT molecular complexity index is 850. The van der Waals surface area contributed by atoms with Gasteiger partial charge in [-0.2, -0.15) is 0 Å². The van der Waals surface area contributed by atoms with E-state index in [1.165, 1.54) is 6.26 Å². The lowest BCUT2D eigenvalue weighted by Gasteiger charge is -2.29. The van der Waals surface area contributed by atoms with E-state index in [0.29, 0.717) is 33.1 Å². The van der Waals surface area contributed by atoms with Crippen molar-refractivity contribution in [2.24, 2.45) is 5.41 Å². The van der Waals surface area contributed by atoms with Crippen molar-refractivity contribution < 1.29 is 18.5 Å². The molecule has 1 atom stereocenters. The summed E-state index contributed by atoms with van der Waals surface area (Å²) in [5, 5.41) is 0. The molecule has 0 bridgehead atoms. The lowest BCUT2D eigenvalue weighted by molar-refractivity contribution is 0.0476. The smallest absolute Gasteiger partial charge is 0.348 e. The van der Waals surface area contributed by atoms with Crippen molar-refractivity contribution in [2.45, 2.75) is 37.5 Å². The van der Waals surface area contributed by atoms with E-state index in [0.717, 1.165) is 16.9 Å². The van der Waals surface area contributed by atoms with Gasteiger partial charge in [0.25, 0.3) is 0 Å². The molecule has 4 nitrogen and oxygen atoms in total. The van der Waals surface area contributed by atoms with Gasteiger partial charge in [-0.3, -0.25) is 9.00 Å². The molecule has 1 heterocycles. The minimum Gasteiger partial charge on any atom is -0.457 e. The molecule has 1 aliphatic carbocycles. The van der Waals surface area contributed by atoms with Crippen molar-refractivity contribution in [1.29, 1.82) is 0 Å². The third-order valence-electron chi connectivity index (χ3n) is 4.21. The molecule has 0 radical (unpaired) electrons. The normalized spacial score (nSPS) is 17.0. The summed E-state index contributed by atoms with van der Waals surface area (Å²) in [4.78, 5) is 25.6. The Kier molecular flexibility index (Phi) is 4.93. The van der Waals surface area contributed by atoms with E-state index in [9.17, 15) is 13.8 Å². The first-order chi connectivity index (χ1) is 11.8. The highest BCUT2D eigenvalue weighted by atomic mass is 32.2. The summed E-state index contributed by atoms with van der Waals surface area (Å²) in [6.45, 7) is 4.19. The van der Waals surface area contributed by atoms with Gasteiger partial charge in [-0.15, -0.1) is 11.3 Å². The second-order valence-electron chi connectivity index (χ2n) is 7.03. The topological polar surface area (TPSA) is 60.4 Å². The first kappa shape index (κ1) is 18.0. The molecular weight excluding hydrogens is 356 g/mol. The maximum Gasteiger partial charge on any atom is 0.348 e. The summed E-state index contributed by atoms with van der Waals surface area (Å²) >= 11 is 1.14. The molecule has 2 aromatic rings. The minimum atomic E-state index is -1.31. The maximum atomic E-state index is 12.6. The van der Waals surface area contributed by atoms with Crippen LogP contribution in [0.15, 0.2) is 34.5 Å². The van der Waals surface area contributed by atoms with E-state index in [1.54, 1.807) is 0 Å². The van der Waals surface area contributed by atoms with Crippen LogP contribution in [0.4, 0.5) is 0 Å². The molecule has 0 spiro atoms. The van der Waals surface area contributed by atoms with Gasteiger partial charge in [0.05, 0.1) is 10.8 Å². The molecule has 1 aromatic heterocycles. The standard InChI is InChI=1S/C19H20O4S2/c1-19(2)9-13-15(14(20)10-19)18(25(3)22)24-16(13)17(21)23-11-12-7-5-4-6-8-12/h4-8H,9-11H2,1-3H3/t25-/m0/s1. The molecule has 0 N–H and O–H groups in total. The van der Waals surface area contributed by atoms with Crippen molar-refractivity contribution in [3.8, 4) is 0 Å². The lowest BCUT2D eigenvalue weighted by atomic mass is 9.74. The Morgan fingerprint density at radius 3 is 2.56 bits per heavy atom. The third-order valence-corrected chi connectivity index (χ3v) is 6.89. The van der Waals surface area contributed by atoms with E-state index in [2.05, 4.69) is 0 Å². The number of carbonyl (C=O) groups excluding carboxylic acids is 2. The van der Waals surface area contributed by atoms with Gasteiger partial charge in [-0.1, -0.05) is 44.2 Å². The number of Topliss-reactive ketones (excluding diaryl/α,β-unsaturated/α-hetero) is 1. The molecule has 132 valence electrons. The van der Waals surface area contributed by atoms with E-state index in [1.807, 2.05) is 44.2 Å². The molecular formula is C19H20O4S2. The summed E-state index contributed by atoms with van der Waals surface area (Å²) in [5.74, 6) is -0.484. The molecule has 0 aliphatic heterocycles. The predicted octanol–water partition coefficient (Wildman–Crippen LogP) is 4.00. The molecule has 3 rings (SSSR count). The summed E-state index contributed by atoms with van der Waals surface area (Å²) in [5.41, 5.74) is 1.87. The lowest BCUT2D eigenvalue weighted by Crippen LogP contribution is -2.27. The molecule has 0 saturated carbocycles. The average molecular weight is 376 g/mol. The molecule has 0 saturated heterocycles. The number of benzene rings is 1. The fraction of sp³-hybridized carbons (Fsp3) is 0.368. The molecule has 1 aliphatic rings. The van der Waals surface area contributed by atoms with Crippen molar-refractivity contribution >= 4 is 33.9 Å². The second-order valence-corrected chi connectivity index (χ2v) is 9.62. The number of thiophene rings is 1. The van der Waals surface area contributed by atoms with Crippen LogP contribution in [0.25, 0.3) is 0 Å². The van der Waals surface area contributed by atoms with E-state index in [-0.39, 0.29) is 17.8 Å². The maximum absolute atomic E-state index is 12.6. The van der Waals surface area contributed by atoms with Gasteiger partial charge in [-0.25, -0.2) is 4.79 Å². The van der Waals surface area contributed by atoms with Crippen LogP contribution in [0.2, 0.25) is 0 Å². The summed E-state index contributed by atoms with van der Waals surface area (Å²) in [6, 6.07) is 9.44. The number of hydrogen-bond donors (Lipinski definition) is 0. The van der Waals surface area contributed by atoms with E-state index >= 15 is 0 Å². The van der Waals surface area contributed by atoms with Crippen LogP contribution >= 0.6 is 11.3 Å².